The van der Waals surface area contributed by atoms with Crippen LogP contribution in [0.5, 0.6) is 11.5 Å². The second-order valence-electron chi connectivity index (χ2n) is 5.71. The van der Waals surface area contributed by atoms with Gasteiger partial charge in [0.05, 0.1) is 0 Å². The van der Waals surface area contributed by atoms with Crippen LogP contribution < -0.4 is 14.4 Å². The molecule has 0 saturated heterocycles. The standard InChI is InChI=1S/C17H16N2O4/c20-19(21)10-15-14-9-17-16(22-11-23-17)8-12(14)6-7-18(15)13-4-2-1-3-5-13/h1-5,8-9,15H,6-7,10-11H2. The normalized spacial score (nSPS) is 18.6. The number of hydrogen-bond acceptors (Lipinski definition) is 5. The molecule has 1 unspecified atom stereocenters. The topological polar surface area (TPSA) is 64.8 Å². The first-order chi connectivity index (χ1) is 11.2. The van der Waals surface area contributed by atoms with Crippen LogP contribution in [-0.2, 0) is 6.42 Å². The average Bonchev–Trinajstić information content (AvgIpc) is 3.01. The molecular formula is C17H16N2O4. The van der Waals surface area contributed by atoms with E-state index in [0.717, 1.165) is 35.5 Å². The molecule has 0 fully saturated rings. The average molecular weight is 312 g/mol. The highest BCUT2D eigenvalue weighted by Crippen LogP contribution is 2.41. The molecule has 0 radical (unpaired) electrons. The van der Waals surface area contributed by atoms with E-state index in [1.165, 1.54) is 0 Å². The number of hydrogen-bond donors (Lipinski definition) is 0. The van der Waals surface area contributed by atoms with Crippen LogP contribution in [0, 0.1) is 10.1 Å². The van der Waals surface area contributed by atoms with Crippen LogP contribution in [0.1, 0.15) is 17.2 Å². The van der Waals surface area contributed by atoms with Gasteiger partial charge in [-0.2, -0.15) is 0 Å². The summed E-state index contributed by atoms with van der Waals surface area (Å²) in [5, 5.41) is 11.2. The molecule has 2 aromatic carbocycles. The summed E-state index contributed by atoms with van der Waals surface area (Å²) in [5.74, 6) is 1.41. The van der Waals surface area contributed by atoms with Crippen LogP contribution in [0.3, 0.4) is 0 Å². The molecule has 0 aromatic heterocycles. The van der Waals surface area contributed by atoms with Crippen molar-refractivity contribution in [3.05, 3.63) is 63.7 Å². The molecule has 2 heterocycles. The van der Waals surface area contributed by atoms with Gasteiger partial charge in [0, 0.05) is 17.2 Å². The van der Waals surface area contributed by atoms with E-state index in [-0.39, 0.29) is 24.3 Å². The van der Waals surface area contributed by atoms with Gasteiger partial charge < -0.3 is 14.4 Å². The van der Waals surface area contributed by atoms with E-state index >= 15 is 0 Å². The van der Waals surface area contributed by atoms with E-state index in [0.29, 0.717) is 5.75 Å². The minimum Gasteiger partial charge on any atom is -0.454 e. The molecule has 2 aromatic rings. The number of ether oxygens (including phenoxy) is 2. The van der Waals surface area contributed by atoms with Crippen LogP contribution in [0.25, 0.3) is 0 Å². The maximum atomic E-state index is 11.2. The van der Waals surface area contributed by atoms with Crippen molar-refractivity contribution >= 4 is 5.69 Å². The summed E-state index contributed by atoms with van der Waals surface area (Å²) in [6, 6.07) is 13.4. The van der Waals surface area contributed by atoms with Gasteiger partial charge in [-0.1, -0.05) is 18.2 Å². The lowest BCUT2D eigenvalue weighted by Gasteiger charge is -2.37. The van der Waals surface area contributed by atoms with E-state index in [4.69, 9.17) is 9.47 Å². The van der Waals surface area contributed by atoms with Crippen molar-refractivity contribution < 1.29 is 14.4 Å². The van der Waals surface area contributed by atoms with Gasteiger partial charge in [0.25, 0.3) is 0 Å². The molecule has 0 spiro atoms. The Morgan fingerprint density at radius 3 is 2.65 bits per heavy atom. The zero-order valence-corrected chi connectivity index (χ0v) is 12.5. The van der Waals surface area contributed by atoms with Gasteiger partial charge in [0.2, 0.25) is 13.3 Å². The van der Waals surface area contributed by atoms with Gasteiger partial charge in [-0.25, -0.2) is 0 Å². The fourth-order valence-electron chi connectivity index (χ4n) is 3.36. The molecule has 4 rings (SSSR count). The lowest BCUT2D eigenvalue weighted by molar-refractivity contribution is -0.483. The molecule has 23 heavy (non-hydrogen) atoms. The Balaban J connectivity index is 1.78. The number of fused-ring (bicyclic) bond motifs is 2. The van der Waals surface area contributed by atoms with Crippen LogP contribution in [0.2, 0.25) is 0 Å². The highest BCUT2D eigenvalue weighted by Gasteiger charge is 2.33. The molecule has 1 atom stereocenters. The maximum Gasteiger partial charge on any atom is 0.231 e. The van der Waals surface area contributed by atoms with Crippen LogP contribution in [0.15, 0.2) is 42.5 Å². The van der Waals surface area contributed by atoms with Crippen molar-refractivity contribution in [1.82, 2.24) is 0 Å². The van der Waals surface area contributed by atoms with E-state index in [1.54, 1.807) is 0 Å². The Morgan fingerprint density at radius 2 is 1.91 bits per heavy atom. The third-order valence-electron chi connectivity index (χ3n) is 4.40. The summed E-state index contributed by atoms with van der Waals surface area (Å²) in [7, 11) is 0. The first kappa shape index (κ1) is 13.9. The highest BCUT2D eigenvalue weighted by molar-refractivity contribution is 5.56. The summed E-state index contributed by atoms with van der Waals surface area (Å²) >= 11 is 0. The van der Waals surface area contributed by atoms with Crippen molar-refractivity contribution in [3.8, 4) is 11.5 Å². The van der Waals surface area contributed by atoms with Gasteiger partial charge in [-0.05, 0) is 41.8 Å². The summed E-state index contributed by atoms with van der Waals surface area (Å²) in [6.07, 6.45) is 0.828. The predicted octanol–water partition coefficient (Wildman–Crippen LogP) is 2.80. The van der Waals surface area contributed by atoms with E-state index in [2.05, 4.69) is 4.90 Å². The van der Waals surface area contributed by atoms with E-state index in [9.17, 15) is 10.1 Å². The number of nitrogens with zero attached hydrogens (tertiary/aromatic N) is 2. The van der Waals surface area contributed by atoms with E-state index in [1.807, 2.05) is 42.5 Å². The quantitative estimate of drug-likeness (QED) is 0.644. The largest absolute Gasteiger partial charge is 0.454 e. The van der Waals surface area contributed by atoms with Crippen molar-refractivity contribution in [1.29, 1.82) is 0 Å². The Hall–Kier alpha value is -2.76. The molecule has 0 N–H and O–H groups in total. The fourth-order valence-corrected chi connectivity index (χ4v) is 3.36. The molecule has 0 saturated carbocycles. The second-order valence-corrected chi connectivity index (χ2v) is 5.71. The zero-order chi connectivity index (χ0) is 15.8. The summed E-state index contributed by atoms with van der Waals surface area (Å²) in [4.78, 5) is 13.1. The molecule has 0 aliphatic carbocycles. The number of rotatable bonds is 3. The summed E-state index contributed by atoms with van der Waals surface area (Å²) in [6.45, 7) is 0.817. The van der Waals surface area contributed by atoms with E-state index < -0.39 is 0 Å². The monoisotopic (exact) mass is 312 g/mol. The van der Waals surface area contributed by atoms with Crippen molar-refractivity contribution in [2.45, 2.75) is 12.5 Å². The van der Waals surface area contributed by atoms with Crippen LogP contribution in [-0.4, -0.2) is 24.8 Å². The highest BCUT2D eigenvalue weighted by atomic mass is 16.7. The zero-order valence-electron chi connectivity index (χ0n) is 12.5. The SMILES string of the molecule is O=[N+]([O-])CC1c2cc3c(cc2CCN1c1ccccc1)OCO3. The maximum absolute atomic E-state index is 11.2. The van der Waals surface area contributed by atoms with Crippen molar-refractivity contribution in [2.75, 3.05) is 24.8 Å². The smallest absolute Gasteiger partial charge is 0.231 e. The summed E-state index contributed by atoms with van der Waals surface area (Å²) in [5.41, 5.74) is 3.07. The fraction of sp³-hybridized carbons (Fsp3) is 0.294. The minimum absolute atomic E-state index is 0.137. The van der Waals surface area contributed by atoms with Gasteiger partial charge in [-0.3, -0.25) is 10.1 Å². The predicted molar refractivity (Wildman–Crippen MR) is 84.7 cm³/mol. The first-order valence-corrected chi connectivity index (χ1v) is 7.58. The Bertz CT molecular complexity index is 748. The van der Waals surface area contributed by atoms with Crippen LogP contribution in [0.4, 0.5) is 5.69 Å². The molecule has 0 amide bonds. The molecule has 6 heteroatoms. The molecule has 0 bridgehead atoms. The Labute approximate surface area is 133 Å². The van der Waals surface area contributed by atoms with Gasteiger partial charge >= 0.3 is 0 Å². The van der Waals surface area contributed by atoms with Gasteiger partial charge in [0.1, 0.15) is 6.04 Å². The third kappa shape index (κ3) is 2.46. The van der Waals surface area contributed by atoms with Gasteiger partial charge in [-0.15, -0.1) is 0 Å². The molecule has 6 nitrogen and oxygen atoms in total. The molecule has 2 aliphatic rings. The minimum atomic E-state index is -0.300. The molecule has 2 aliphatic heterocycles. The summed E-state index contributed by atoms with van der Waals surface area (Å²) < 4.78 is 10.9. The van der Waals surface area contributed by atoms with Crippen LogP contribution >= 0.6 is 0 Å². The Kier molecular flexibility index (Phi) is 3.29. The first-order valence-electron chi connectivity index (χ1n) is 7.58. The number of anilines is 1. The molecule has 118 valence electrons. The molecular weight excluding hydrogens is 296 g/mol. The number of para-hydroxylation sites is 1. The Morgan fingerprint density at radius 1 is 1.17 bits per heavy atom. The second kappa shape index (κ2) is 5.46. The van der Waals surface area contributed by atoms with Crippen molar-refractivity contribution in [3.63, 3.8) is 0 Å². The lowest BCUT2D eigenvalue weighted by atomic mass is 9.91. The lowest BCUT2D eigenvalue weighted by Crippen LogP contribution is -2.39. The third-order valence-corrected chi connectivity index (χ3v) is 4.40. The van der Waals surface area contributed by atoms with Gasteiger partial charge in [0.15, 0.2) is 11.5 Å². The number of nitro groups is 1. The number of benzene rings is 2. The van der Waals surface area contributed by atoms with Crippen molar-refractivity contribution in [2.24, 2.45) is 0 Å².